The van der Waals surface area contributed by atoms with E-state index in [1.807, 2.05) is 0 Å². The second kappa shape index (κ2) is 18.2. The van der Waals surface area contributed by atoms with Crippen molar-refractivity contribution in [3.63, 3.8) is 0 Å². The first-order chi connectivity index (χ1) is 11.7. The molecular weight excluding hydrogens is 302 g/mol. The molecule has 0 atom stereocenters. The van der Waals surface area contributed by atoms with E-state index in [1.165, 1.54) is 44.9 Å². The number of unbranched alkanes of at least 4 members (excludes halogenated alkanes) is 11. The maximum Gasteiger partial charge on any atom is 0.303 e. The van der Waals surface area contributed by atoms with Gasteiger partial charge >= 0.3 is 5.97 Å². The van der Waals surface area contributed by atoms with E-state index >= 15 is 0 Å². The number of nitrogens with two attached hydrogens (primary N) is 1. The van der Waals surface area contributed by atoms with E-state index < -0.39 is 5.97 Å². The van der Waals surface area contributed by atoms with Gasteiger partial charge in [0.05, 0.1) is 6.54 Å². The number of rotatable bonds is 18. The third kappa shape index (κ3) is 18.9. The van der Waals surface area contributed by atoms with Gasteiger partial charge in [0.2, 0.25) is 0 Å². The number of carbonyl (C=O) groups is 2. The van der Waals surface area contributed by atoms with Crippen LogP contribution in [0.15, 0.2) is 12.2 Å². The molecule has 0 aromatic carbocycles. The van der Waals surface area contributed by atoms with Crippen LogP contribution in [0.2, 0.25) is 0 Å². The Balaban J connectivity index is 3.14. The molecule has 0 heterocycles. The first-order valence-corrected chi connectivity index (χ1v) is 9.75. The Hall–Kier alpha value is -1.16. The van der Waals surface area contributed by atoms with E-state index in [9.17, 15) is 9.59 Å². The Kier molecular flexibility index (Phi) is 17.3. The second-order valence-electron chi connectivity index (χ2n) is 6.57. The minimum Gasteiger partial charge on any atom is -0.481 e. The smallest absolute Gasteiger partial charge is 0.303 e. The summed E-state index contributed by atoms with van der Waals surface area (Å²) in [6, 6.07) is 0. The van der Waals surface area contributed by atoms with Crippen molar-refractivity contribution in [1.29, 1.82) is 0 Å². The Morgan fingerprint density at radius 3 is 1.54 bits per heavy atom. The summed E-state index contributed by atoms with van der Waals surface area (Å²) in [5.74, 6) is -0.500. The van der Waals surface area contributed by atoms with Crippen LogP contribution >= 0.6 is 0 Å². The fraction of sp³-hybridized carbons (Fsp3) is 0.800. The summed E-state index contributed by atoms with van der Waals surface area (Å²) in [6.45, 7) is 0.192. The first kappa shape index (κ1) is 22.8. The third-order valence-electron chi connectivity index (χ3n) is 4.23. The van der Waals surface area contributed by atoms with Crippen LogP contribution in [0.5, 0.6) is 0 Å². The summed E-state index contributed by atoms with van der Waals surface area (Å²) < 4.78 is 0. The van der Waals surface area contributed by atoms with E-state index in [-0.39, 0.29) is 12.3 Å². The molecule has 0 fully saturated rings. The lowest BCUT2D eigenvalue weighted by atomic mass is 10.1. The summed E-state index contributed by atoms with van der Waals surface area (Å²) in [6.07, 6.45) is 20.4. The maximum absolute atomic E-state index is 11.0. The topological polar surface area (TPSA) is 80.4 Å². The van der Waals surface area contributed by atoms with Gasteiger partial charge in [-0.1, -0.05) is 57.1 Å². The van der Waals surface area contributed by atoms with E-state index in [1.54, 1.807) is 0 Å². The summed E-state index contributed by atoms with van der Waals surface area (Å²) >= 11 is 0. The molecule has 4 nitrogen and oxygen atoms in total. The fourth-order valence-electron chi connectivity index (χ4n) is 2.70. The molecule has 4 heteroatoms. The fourth-order valence-corrected chi connectivity index (χ4v) is 2.70. The van der Waals surface area contributed by atoms with Gasteiger partial charge in [-0.2, -0.15) is 0 Å². The highest BCUT2D eigenvalue weighted by Gasteiger charge is 1.98. The standard InChI is InChI=1S/C20H37NO3/c21-18-19(22)16-14-12-10-8-6-4-2-1-3-5-7-9-11-13-15-17-20(23)24/h1,3H,2,4-18,21H2,(H,23,24)/b3-1-. The Morgan fingerprint density at radius 1 is 0.667 bits per heavy atom. The summed E-state index contributed by atoms with van der Waals surface area (Å²) in [4.78, 5) is 21.4. The summed E-state index contributed by atoms with van der Waals surface area (Å²) in [5, 5.41) is 8.53. The number of ketones is 1. The number of hydrogen-bond donors (Lipinski definition) is 2. The highest BCUT2D eigenvalue weighted by Crippen LogP contribution is 2.10. The molecule has 0 amide bonds. The van der Waals surface area contributed by atoms with Crippen molar-refractivity contribution in [2.45, 2.75) is 96.3 Å². The summed E-state index contributed by atoms with van der Waals surface area (Å²) in [7, 11) is 0. The molecule has 0 aromatic rings. The van der Waals surface area contributed by atoms with Crippen LogP contribution in [-0.4, -0.2) is 23.4 Å². The molecule has 24 heavy (non-hydrogen) atoms. The first-order valence-electron chi connectivity index (χ1n) is 9.75. The van der Waals surface area contributed by atoms with Crippen molar-refractivity contribution in [1.82, 2.24) is 0 Å². The van der Waals surface area contributed by atoms with Crippen molar-refractivity contribution < 1.29 is 14.7 Å². The lowest BCUT2D eigenvalue weighted by Gasteiger charge is -2.00. The lowest BCUT2D eigenvalue weighted by molar-refractivity contribution is -0.137. The van der Waals surface area contributed by atoms with Crippen molar-refractivity contribution in [2.24, 2.45) is 5.73 Å². The van der Waals surface area contributed by atoms with Crippen LogP contribution in [0.4, 0.5) is 0 Å². The lowest BCUT2D eigenvalue weighted by Crippen LogP contribution is -2.12. The largest absolute Gasteiger partial charge is 0.481 e. The molecule has 0 aliphatic rings. The SMILES string of the molecule is NCC(=O)CCCCCCCC/C=C\CCCCCCCC(=O)O. The molecule has 0 aliphatic carbocycles. The van der Waals surface area contributed by atoms with Gasteiger partial charge in [-0.15, -0.1) is 0 Å². The Bertz CT molecular complexity index is 340. The Labute approximate surface area is 147 Å². The number of aliphatic carboxylic acids is 1. The highest BCUT2D eigenvalue weighted by molar-refractivity contribution is 5.80. The van der Waals surface area contributed by atoms with Gasteiger partial charge in [-0.05, 0) is 38.5 Å². The van der Waals surface area contributed by atoms with Crippen molar-refractivity contribution in [3.8, 4) is 0 Å². The van der Waals surface area contributed by atoms with Crippen LogP contribution < -0.4 is 5.73 Å². The normalized spacial score (nSPS) is 11.2. The van der Waals surface area contributed by atoms with Crippen LogP contribution in [0.25, 0.3) is 0 Å². The monoisotopic (exact) mass is 339 g/mol. The molecule has 0 saturated carbocycles. The highest BCUT2D eigenvalue weighted by atomic mass is 16.4. The molecule has 0 aliphatic heterocycles. The zero-order valence-electron chi connectivity index (χ0n) is 15.3. The predicted molar refractivity (Wildman–Crippen MR) is 100 cm³/mol. The minimum atomic E-state index is -0.681. The average molecular weight is 340 g/mol. The summed E-state index contributed by atoms with van der Waals surface area (Å²) in [5.41, 5.74) is 5.27. The number of carbonyl (C=O) groups excluding carboxylic acids is 1. The molecule has 0 rings (SSSR count). The van der Waals surface area contributed by atoms with Crippen molar-refractivity contribution >= 4 is 11.8 Å². The van der Waals surface area contributed by atoms with Gasteiger partial charge in [0.15, 0.2) is 0 Å². The van der Waals surface area contributed by atoms with Gasteiger partial charge in [0, 0.05) is 12.8 Å². The van der Waals surface area contributed by atoms with Crippen LogP contribution in [0, 0.1) is 0 Å². The molecular formula is C20H37NO3. The second-order valence-corrected chi connectivity index (χ2v) is 6.57. The molecule has 0 aromatic heterocycles. The van der Waals surface area contributed by atoms with Crippen molar-refractivity contribution in [2.75, 3.05) is 6.54 Å². The van der Waals surface area contributed by atoms with Gasteiger partial charge < -0.3 is 10.8 Å². The average Bonchev–Trinajstić information content (AvgIpc) is 2.57. The molecule has 0 spiro atoms. The van der Waals surface area contributed by atoms with Gasteiger partial charge in [-0.25, -0.2) is 0 Å². The molecule has 0 radical (unpaired) electrons. The molecule has 140 valence electrons. The van der Waals surface area contributed by atoms with E-state index in [4.69, 9.17) is 10.8 Å². The van der Waals surface area contributed by atoms with Gasteiger partial charge in [0.1, 0.15) is 5.78 Å². The zero-order chi connectivity index (χ0) is 17.9. The molecule has 0 saturated heterocycles. The van der Waals surface area contributed by atoms with E-state index in [0.29, 0.717) is 12.8 Å². The molecule has 0 unspecified atom stereocenters. The van der Waals surface area contributed by atoms with E-state index in [2.05, 4.69) is 12.2 Å². The Morgan fingerprint density at radius 2 is 1.08 bits per heavy atom. The number of allylic oxidation sites excluding steroid dienone is 2. The molecule has 0 bridgehead atoms. The third-order valence-corrected chi connectivity index (χ3v) is 4.23. The number of hydrogen-bond acceptors (Lipinski definition) is 3. The van der Waals surface area contributed by atoms with Crippen molar-refractivity contribution in [3.05, 3.63) is 12.2 Å². The zero-order valence-corrected chi connectivity index (χ0v) is 15.3. The van der Waals surface area contributed by atoms with Gasteiger partial charge in [-0.3, -0.25) is 9.59 Å². The number of carboxylic acids is 1. The molecule has 3 N–H and O–H groups in total. The van der Waals surface area contributed by atoms with Crippen LogP contribution in [0.3, 0.4) is 0 Å². The maximum atomic E-state index is 11.0. The quantitative estimate of drug-likeness (QED) is 0.272. The van der Waals surface area contributed by atoms with Gasteiger partial charge in [0.25, 0.3) is 0 Å². The van der Waals surface area contributed by atoms with Crippen LogP contribution in [-0.2, 0) is 9.59 Å². The number of carboxylic acid groups (broad SMARTS) is 1. The number of Topliss-reactive ketones (excluding diaryl/α,β-unsaturated/α-hetero) is 1. The van der Waals surface area contributed by atoms with Crippen LogP contribution in [0.1, 0.15) is 96.3 Å². The predicted octanol–water partition coefficient (Wildman–Crippen LogP) is 5.01. The van der Waals surface area contributed by atoms with E-state index in [0.717, 1.165) is 38.5 Å². The minimum absolute atomic E-state index is 0.181.